The van der Waals surface area contributed by atoms with E-state index in [-0.39, 0.29) is 0 Å². The zero-order chi connectivity index (χ0) is 14.8. The Morgan fingerprint density at radius 1 is 1.10 bits per heavy atom. The van der Waals surface area contributed by atoms with E-state index < -0.39 is 6.10 Å². The molecule has 0 aliphatic carbocycles. The van der Waals surface area contributed by atoms with Gasteiger partial charge in [-0.3, -0.25) is 4.98 Å². The van der Waals surface area contributed by atoms with Gasteiger partial charge in [0, 0.05) is 21.6 Å². The number of ether oxygens (including phenoxy) is 1. The summed E-state index contributed by atoms with van der Waals surface area (Å²) in [6.07, 6.45) is 1.15. The van der Waals surface area contributed by atoms with Crippen molar-refractivity contribution in [3.63, 3.8) is 0 Å². The Hall–Kier alpha value is -1.91. The third kappa shape index (κ3) is 2.91. The van der Waals surface area contributed by atoms with E-state index in [4.69, 9.17) is 4.74 Å². The van der Waals surface area contributed by atoms with E-state index in [2.05, 4.69) is 20.9 Å². The second kappa shape index (κ2) is 5.84. The molecule has 4 heteroatoms. The van der Waals surface area contributed by atoms with Gasteiger partial charge < -0.3 is 9.84 Å². The van der Waals surface area contributed by atoms with Crippen molar-refractivity contribution in [1.29, 1.82) is 0 Å². The lowest BCUT2D eigenvalue weighted by atomic mass is 10.1. The van der Waals surface area contributed by atoms with Crippen LogP contribution in [-0.2, 0) is 0 Å². The fourth-order valence-corrected chi connectivity index (χ4v) is 2.60. The first-order chi connectivity index (χ1) is 10.1. The average Bonchev–Trinajstić information content (AvgIpc) is 2.49. The molecule has 1 unspecified atom stereocenters. The van der Waals surface area contributed by atoms with E-state index in [9.17, 15) is 5.11 Å². The lowest BCUT2D eigenvalue weighted by molar-refractivity contribution is 0.195. The van der Waals surface area contributed by atoms with Gasteiger partial charge in [-0.25, -0.2) is 0 Å². The topological polar surface area (TPSA) is 42.4 Å². The molecule has 0 spiro atoms. The predicted molar refractivity (Wildman–Crippen MR) is 86.6 cm³/mol. The van der Waals surface area contributed by atoms with Gasteiger partial charge in [-0.1, -0.05) is 22.0 Å². The maximum atomic E-state index is 9.91. The molecule has 1 aromatic heterocycles. The van der Waals surface area contributed by atoms with E-state index in [1.807, 2.05) is 48.5 Å². The quantitative estimate of drug-likeness (QED) is 0.739. The summed E-state index contributed by atoms with van der Waals surface area (Å²) in [6, 6.07) is 15.2. The van der Waals surface area contributed by atoms with Gasteiger partial charge in [0.05, 0.1) is 11.6 Å². The van der Waals surface area contributed by atoms with Gasteiger partial charge in [0.15, 0.2) is 0 Å². The summed E-state index contributed by atoms with van der Waals surface area (Å²) in [7, 11) is 0. The van der Waals surface area contributed by atoms with Crippen molar-refractivity contribution in [2.75, 3.05) is 0 Å². The molecule has 3 aromatic rings. The minimum Gasteiger partial charge on any atom is -0.456 e. The van der Waals surface area contributed by atoms with Crippen molar-refractivity contribution in [1.82, 2.24) is 4.98 Å². The highest BCUT2D eigenvalue weighted by molar-refractivity contribution is 9.10. The average molecular weight is 344 g/mol. The van der Waals surface area contributed by atoms with Crippen LogP contribution in [0.3, 0.4) is 0 Å². The fraction of sp³-hybridized carbons (Fsp3) is 0.118. The molecule has 1 atom stereocenters. The van der Waals surface area contributed by atoms with Gasteiger partial charge in [-0.15, -0.1) is 0 Å². The first-order valence-electron chi connectivity index (χ1n) is 6.64. The molecule has 106 valence electrons. The van der Waals surface area contributed by atoms with Crippen molar-refractivity contribution in [2.24, 2.45) is 0 Å². The number of hydrogen-bond acceptors (Lipinski definition) is 3. The van der Waals surface area contributed by atoms with Crippen LogP contribution < -0.4 is 4.74 Å². The molecule has 1 heterocycles. The monoisotopic (exact) mass is 343 g/mol. The lowest BCUT2D eigenvalue weighted by Gasteiger charge is -2.14. The second-order valence-corrected chi connectivity index (χ2v) is 5.70. The van der Waals surface area contributed by atoms with E-state index >= 15 is 0 Å². The molecule has 0 fully saturated rings. The molecule has 0 saturated heterocycles. The predicted octanol–water partition coefficient (Wildman–Crippen LogP) is 4.84. The third-order valence-corrected chi connectivity index (χ3v) is 3.74. The fourth-order valence-electron chi connectivity index (χ4n) is 2.22. The Labute approximate surface area is 131 Å². The van der Waals surface area contributed by atoms with Crippen LogP contribution in [-0.4, -0.2) is 10.1 Å². The van der Waals surface area contributed by atoms with Crippen LogP contribution in [0.4, 0.5) is 0 Å². The molecular formula is C17H14BrNO2. The Balaban J connectivity index is 2.07. The number of halogens is 1. The molecule has 3 nitrogen and oxygen atoms in total. The van der Waals surface area contributed by atoms with Crippen molar-refractivity contribution < 1.29 is 9.84 Å². The Morgan fingerprint density at radius 2 is 1.95 bits per heavy atom. The number of aromatic nitrogens is 1. The van der Waals surface area contributed by atoms with Gasteiger partial charge >= 0.3 is 0 Å². The molecule has 0 saturated carbocycles. The summed E-state index contributed by atoms with van der Waals surface area (Å²) < 4.78 is 6.93. The smallest absolute Gasteiger partial charge is 0.136 e. The van der Waals surface area contributed by atoms with Crippen molar-refractivity contribution in [2.45, 2.75) is 13.0 Å². The highest BCUT2D eigenvalue weighted by Gasteiger charge is 2.12. The second-order valence-electron chi connectivity index (χ2n) is 4.79. The van der Waals surface area contributed by atoms with Crippen molar-refractivity contribution in [3.05, 3.63) is 64.8 Å². The first-order valence-corrected chi connectivity index (χ1v) is 7.43. The van der Waals surface area contributed by atoms with Crippen LogP contribution in [0.1, 0.15) is 18.6 Å². The highest BCUT2D eigenvalue weighted by atomic mass is 79.9. The minimum absolute atomic E-state index is 0.606. The van der Waals surface area contributed by atoms with Crippen LogP contribution in [0.25, 0.3) is 10.9 Å². The maximum absolute atomic E-state index is 9.91. The number of rotatable bonds is 3. The molecule has 0 bridgehead atoms. The van der Waals surface area contributed by atoms with E-state index in [0.29, 0.717) is 5.75 Å². The van der Waals surface area contributed by atoms with Crippen LogP contribution in [0.15, 0.2) is 59.2 Å². The van der Waals surface area contributed by atoms with Crippen LogP contribution in [0, 0.1) is 0 Å². The number of nitrogens with zero attached hydrogens (tertiary/aromatic N) is 1. The number of fused-ring (bicyclic) bond motifs is 1. The van der Waals surface area contributed by atoms with Gasteiger partial charge in [-0.2, -0.15) is 0 Å². The van der Waals surface area contributed by atoms with E-state index in [1.165, 1.54) is 0 Å². The maximum Gasteiger partial charge on any atom is 0.136 e. The minimum atomic E-state index is -0.606. The third-order valence-electron chi connectivity index (χ3n) is 3.25. The molecule has 2 aromatic carbocycles. The lowest BCUT2D eigenvalue weighted by Crippen LogP contribution is -1.96. The Bertz CT molecular complexity index is 781. The van der Waals surface area contributed by atoms with E-state index in [1.54, 1.807) is 13.1 Å². The summed E-state index contributed by atoms with van der Waals surface area (Å²) in [4.78, 5) is 4.32. The summed E-state index contributed by atoms with van der Waals surface area (Å²) in [6.45, 7) is 1.72. The zero-order valence-corrected chi connectivity index (χ0v) is 13.0. The van der Waals surface area contributed by atoms with Crippen LogP contribution in [0.2, 0.25) is 0 Å². The van der Waals surface area contributed by atoms with Gasteiger partial charge in [0.1, 0.15) is 11.5 Å². The van der Waals surface area contributed by atoms with Crippen molar-refractivity contribution >= 4 is 26.8 Å². The molecule has 21 heavy (non-hydrogen) atoms. The molecule has 1 N–H and O–H groups in total. The molecule has 0 radical (unpaired) electrons. The standard InChI is InChI=1S/C17H14BrNO2/c1-11(20)14-10-12(18)7-8-17(14)21-16-6-2-5-15-13(16)4-3-9-19-15/h2-11,20H,1H3. The molecule has 0 amide bonds. The number of aliphatic hydroxyl groups excluding tert-OH is 1. The van der Waals surface area contributed by atoms with Gasteiger partial charge in [-0.05, 0) is 49.4 Å². The summed E-state index contributed by atoms with van der Waals surface area (Å²) in [5.41, 5.74) is 1.62. The normalized spacial score (nSPS) is 12.3. The Morgan fingerprint density at radius 3 is 2.76 bits per heavy atom. The number of aliphatic hydroxyl groups is 1. The van der Waals surface area contributed by atoms with Gasteiger partial charge in [0.25, 0.3) is 0 Å². The Kier molecular flexibility index (Phi) is 3.90. The SMILES string of the molecule is CC(O)c1cc(Br)ccc1Oc1cccc2ncccc12. The summed E-state index contributed by atoms with van der Waals surface area (Å²) in [5, 5.41) is 10.9. The number of pyridine rings is 1. The summed E-state index contributed by atoms with van der Waals surface area (Å²) in [5.74, 6) is 1.37. The van der Waals surface area contributed by atoms with Crippen LogP contribution in [0.5, 0.6) is 11.5 Å². The van der Waals surface area contributed by atoms with Gasteiger partial charge in [0.2, 0.25) is 0 Å². The highest BCUT2D eigenvalue weighted by Crippen LogP contribution is 2.34. The number of hydrogen-bond donors (Lipinski definition) is 1. The first kappa shape index (κ1) is 14.0. The molecule has 0 aliphatic heterocycles. The molecular weight excluding hydrogens is 330 g/mol. The zero-order valence-electron chi connectivity index (χ0n) is 11.5. The summed E-state index contributed by atoms with van der Waals surface area (Å²) >= 11 is 3.41. The molecule has 3 rings (SSSR count). The van der Waals surface area contributed by atoms with Crippen molar-refractivity contribution in [3.8, 4) is 11.5 Å². The largest absolute Gasteiger partial charge is 0.456 e. The number of benzene rings is 2. The molecule has 0 aliphatic rings. The van der Waals surface area contributed by atoms with Crippen LogP contribution >= 0.6 is 15.9 Å². The van der Waals surface area contributed by atoms with E-state index in [0.717, 1.165) is 26.7 Å².